The van der Waals surface area contributed by atoms with E-state index in [0.717, 1.165) is 25.5 Å². The molecule has 1 heteroatoms. The van der Waals surface area contributed by atoms with E-state index in [1.165, 1.54) is 0 Å². The minimum absolute atomic E-state index is 0.808. The topological polar surface area (TPSA) is 17.1 Å². The van der Waals surface area contributed by atoms with Gasteiger partial charge in [-0.1, -0.05) is 43.0 Å². The SMILES string of the molecule is C=C/C=C/C=C/CCC/C=C/C=O. The maximum absolute atomic E-state index is 9.89. The van der Waals surface area contributed by atoms with Gasteiger partial charge in [0.15, 0.2) is 0 Å². The molecule has 0 aliphatic rings. The second kappa shape index (κ2) is 10.6. The average molecular weight is 176 g/mol. The lowest BCUT2D eigenvalue weighted by atomic mass is 10.2. The molecule has 0 heterocycles. The van der Waals surface area contributed by atoms with Gasteiger partial charge in [0.05, 0.1) is 0 Å². The van der Waals surface area contributed by atoms with Gasteiger partial charge in [-0.3, -0.25) is 4.79 Å². The molecule has 0 unspecified atom stereocenters. The molecule has 0 aromatic carbocycles. The van der Waals surface area contributed by atoms with Crippen LogP contribution in [-0.2, 0) is 4.79 Å². The number of aldehydes is 1. The average Bonchev–Trinajstić information content (AvgIpc) is 2.16. The molecule has 0 bridgehead atoms. The van der Waals surface area contributed by atoms with Crippen molar-refractivity contribution in [2.45, 2.75) is 19.3 Å². The highest BCUT2D eigenvalue weighted by Gasteiger charge is 1.78. The first-order valence-corrected chi connectivity index (χ1v) is 4.46. The Hall–Kier alpha value is -1.37. The number of unbranched alkanes of at least 4 members (excludes halogenated alkanes) is 2. The third-order valence-corrected chi connectivity index (χ3v) is 1.45. The Labute approximate surface area is 80.2 Å². The molecule has 0 aromatic heterocycles. The van der Waals surface area contributed by atoms with Gasteiger partial charge in [-0.05, 0) is 25.3 Å². The van der Waals surface area contributed by atoms with Crippen molar-refractivity contribution in [2.75, 3.05) is 0 Å². The Morgan fingerprint density at radius 1 is 0.923 bits per heavy atom. The monoisotopic (exact) mass is 176 g/mol. The van der Waals surface area contributed by atoms with Gasteiger partial charge in [-0.15, -0.1) is 0 Å². The second-order valence-corrected chi connectivity index (χ2v) is 2.54. The van der Waals surface area contributed by atoms with Gasteiger partial charge >= 0.3 is 0 Å². The maximum atomic E-state index is 9.89. The number of allylic oxidation sites excluding steroid dienone is 7. The molecule has 0 amide bonds. The van der Waals surface area contributed by atoms with Crippen molar-refractivity contribution in [1.82, 2.24) is 0 Å². The third kappa shape index (κ3) is 10.6. The highest BCUT2D eigenvalue weighted by atomic mass is 16.1. The van der Waals surface area contributed by atoms with Crippen molar-refractivity contribution in [3.05, 3.63) is 49.1 Å². The molecular formula is C12H16O. The zero-order valence-corrected chi connectivity index (χ0v) is 7.86. The summed E-state index contributed by atoms with van der Waals surface area (Å²) in [7, 11) is 0. The highest BCUT2D eigenvalue weighted by molar-refractivity contribution is 5.64. The van der Waals surface area contributed by atoms with E-state index in [2.05, 4.69) is 12.7 Å². The van der Waals surface area contributed by atoms with Crippen LogP contribution in [0, 0.1) is 0 Å². The largest absolute Gasteiger partial charge is 0.299 e. The highest BCUT2D eigenvalue weighted by Crippen LogP contribution is 1.97. The van der Waals surface area contributed by atoms with Crippen LogP contribution < -0.4 is 0 Å². The molecule has 0 spiro atoms. The predicted molar refractivity (Wildman–Crippen MR) is 57.5 cm³/mol. The van der Waals surface area contributed by atoms with Crippen LogP contribution in [0.4, 0.5) is 0 Å². The molecule has 0 aliphatic carbocycles. The van der Waals surface area contributed by atoms with E-state index in [4.69, 9.17) is 0 Å². The van der Waals surface area contributed by atoms with Crippen molar-refractivity contribution in [3.63, 3.8) is 0 Å². The first-order chi connectivity index (χ1) is 6.41. The van der Waals surface area contributed by atoms with Gasteiger partial charge < -0.3 is 0 Å². The minimum atomic E-state index is 0.808. The second-order valence-electron chi connectivity index (χ2n) is 2.54. The number of hydrogen-bond donors (Lipinski definition) is 0. The van der Waals surface area contributed by atoms with Crippen LogP contribution in [0.3, 0.4) is 0 Å². The normalized spacial score (nSPS) is 11.7. The molecule has 0 atom stereocenters. The molecule has 0 rings (SSSR count). The Kier molecular flexibility index (Phi) is 9.51. The summed E-state index contributed by atoms with van der Waals surface area (Å²) >= 11 is 0. The Balaban J connectivity index is 3.29. The molecule has 0 N–H and O–H groups in total. The van der Waals surface area contributed by atoms with Gasteiger partial charge in [0.2, 0.25) is 0 Å². The van der Waals surface area contributed by atoms with E-state index in [1.807, 2.05) is 24.3 Å². The van der Waals surface area contributed by atoms with Crippen LogP contribution in [0.15, 0.2) is 49.1 Å². The minimum Gasteiger partial charge on any atom is -0.299 e. The molecule has 1 nitrogen and oxygen atoms in total. The lowest BCUT2D eigenvalue weighted by Crippen LogP contribution is -1.69. The number of carbonyl (C=O) groups excluding carboxylic acids is 1. The summed E-state index contributed by atoms with van der Waals surface area (Å²) in [6.07, 6.45) is 17.0. The lowest BCUT2D eigenvalue weighted by molar-refractivity contribution is -0.104. The van der Waals surface area contributed by atoms with Crippen molar-refractivity contribution in [3.8, 4) is 0 Å². The first kappa shape index (κ1) is 11.6. The van der Waals surface area contributed by atoms with Gasteiger partial charge in [0.25, 0.3) is 0 Å². The summed E-state index contributed by atoms with van der Waals surface area (Å²) in [6.45, 7) is 3.57. The molecule has 0 saturated carbocycles. The zero-order valence-electron chi connectivity index (χ0n) is 7.86. The summed E-state index contributed by atoms with van der Waals surface area (Å²) in [6, 6.07) is 0. The lowest BCUT2D eigenvalue weighted by Gasteiger charge is -1.87. The summed E-state index contributed by atoms with van der Waals surface area (Å²) < 4.78 is 0. The number of hydrogen-bond acceptors (Lipinski definition) is 1. The van der Waals surface area contributed by atoms with Crippen LogP contribution >= 0.6 is 0 Å². The summed E-state index contributed by atoms with van der Waals surface area (Å²) in [5, 5.41) is 0. The third-order valence-electron chi connectivity index (χ3n) is 1.45. The quantitative estimate of drug-likeness (QED) is 0.252. The number of rotatable bonds is 7. The van der Waals surface area contributed by atoms with E-state index in [1.54, 1.807) is 12.2 Å². The Bertz CT molecular complexity index is 209. The van der Waals surface area contributed by atoms with Crippen molar-refractivity contribution in [2.24, 2.45) is 0 Å². The Morgan fingerprint density at radius 3 is 2.23 bits per heavy atom. The molecule has 70 valence electrons. The van der Waals surface area contributed by atoms with E-state index in [0.29, 0.717) is 0 Å². The van der Waals surface area contributed by atoms with Crippen LogP contribution in [0.1, 0.15) is 19.3 Å². The molecular weight excluding hydrogens is 160 g/mol. The van der Waals surface area contributed by atoms with Crippen molar-refractivity contribution < 1.29 is 4.79 Å². The van der Waals surface area contributed by atoms with Crippen LogP contribution in [-0.4, -0.2) is 6.29 Å². The molecule has 13 heavy (non-hydrogen) atoms. The van der Waals surface area contributed by atoms with Gasteiger partial charge in [0, 0.05) is 0 Å². The van der Waals surface area contributed by atoms with E-state index < -0.39 is 0 Å². The molecule has 0 aromatic rings. The standard InChI is InChI=1S/C12H16O/c1-2-3-4-5-6-7-8-9-10-11-12-13/h2-6,10-12H,1,7-9H2/b4-3+,6-5+,11-10+. The van der Waals surface area contributed by atoms with Gasteiger partial charge in [-0.25, -0.2) is 0 Å². The van der Waals surface area contributed by atoms with Crippen LogP contribution in [0.25, 0.3) is 0 Å². The fourth-order valence-electron chi connectivity index (χ4n) is 0.823. The summed E-state index contributed by atoms with van der Waals surface area (Å²) in [5.41, 5.74) is 0. The molecule has 0 saturated heterocycles. The summed E-state index contributed by atoms with van der Waals surface area (Å²) in [4.78, 5) is 9.89. The summed E-state index contributed by atoms with van der Waals surface area (Å²) in [5.74, 6) is 0. The first-order valence-electron chi connectivity index (χ1n) is 4.46. The molecule has 0 radical (unpaired) electrons. The maximum Gasteiger partial charge on any atom is 0.142 e. The van der Waals surface area contributed by atoms with Crippen molar-refractivity contribution >= 4 is 6.29 Å². The molecule has 0 aliphatic heterocycles. The Morgan fingerprint density at radius 2 is 1.62 bits per heavy atom. The van der Waals surface area contributed by atoms with Gasteiger partial charge in [0.1, 0.15) is 6.29 Å². The van der Waals surface area contributed by atoms with E-state index in [-0.39, 0.29) is 0 Å². The predicted octanol–water partition coefficient (Wildman–Crippen LogP) is 3.21. The van der Waals surface area contributed by atoms with Gasteiger partial charge in [-0.2, -0.15) is 0 Å². The van der Waals surface area contributed by atoms with E-state index >= 15 is 0 Å². The molecule has 0 fully saturated rings. The van der Waals surface area contributed by atoms with Crippen LogP contribution in [0.5, 0.6) is 0 Å². The van der Waals surface area contributed by atoms with E-state index in [9.17, 15) is 4.79 Å². The van der Waals surface area contributed by atoms with Crippen molar-refractivity contribution in [1.29, 1.82) is 0 Å². The smallest absolute Gasteiger partial charge is 0.142 e. The fourth-order valence-corrected chi connectivity index (χ4v) is 0.823. The van der Waals surface area contributed by atoms with Crippen LogP contribution in [0.2, 0.25) is 0 Å². The number of carbonyl (C=O) groups is 1. The fraction of sp³-hybridized carbons (Fsp3) is 0.250. The zero-order chi connectivity index (χ0) is 9.78.